The van der Waals surface area contributed by atoms with E-state index in [4.69, 9.17) is 4.52 Å². The van der Waals surface area contributed by atoms with Crippen molar-refractivity contribution in [3.05, 3.63) is 71.6 Å². The normalized spacial score (nSPS) is 17.9. The molecule has 0 N–H and O–H groups in total. The maximum Gasteiger partial charge on any atom is 0.231 e. The van der Waals surface area contributed by atoms with E-state index in [1.807, 2.05) is 30.3 Å². The van der Waals surface area contributed by atoms with Crippen molar-refractivity contribution in [2.75, 3.05) is 13.1 Å². The molecule has 0 radical (unpaired) electrons. The number of nitrogens with zero attached hydrogens (tertiary/aromatic N) is 3. The number of hydrogen-bond donors (Lipinski definition) is 0. The number of aromatic nitrogens is 2. The van der Waals surface area contributed by atoms with Crippen molar-refractivity contribution in [2.24, 2.45) is 0 Å². The summed E-state index contributed by atoms with van der Waals surface area (Å²) in [7, 11) is 0. The van der Waals surface area contributed by atoms with Gasteiger partial charge in [0.1, 0.15) is 0 Å². The first kappa shape index (κ1) is 15.9. The van der Waals surface area contributed by atoms with E-state index in [1.165, 1.54) is 12.1 Å². The number of likely N-dealkylation sites (tertiary alicyclic amines) is 1. The number of rotatable bonds is 4. The van der Waals surface area contributed by atoms with Gasteiger partial charge in [-0.1, -0.05) is 41.6 Å². The molecule has 6 heteroatoms. The summed E-state index contributed by atoms with van der Waals surface area (Å²) in [6.07, 6.45) is 0.903. The first-order valence-electron chi connectivity index (χ1n) is 8.24. The lowest BCUT2D eigenvalue weighted by molar-refractivity contribution is 0.308. The highest BCUT2D eigenvalue weighted by molar-refractivity contribution is 5.53. The topological polar surface area (TPSA) is 42.2 Å². The zero-order valence-electron chi connectivity index (χ0n) is 13.5. The van der Waals surface area contributed by atoms with E-state index < -0.39 is 11.6 Å². The standard InChI is InChI=1S/C19H17F2N3O/c20-16-7-6-13(10-17(16)21)11-24-9-8-15(12-24)19-22-18(23-25-19)14-4-2-1-3-5-14/h1-7,10,15H,8-9,11-12H2/t15-/m1/s1. The first-order chi connectivity index (χ1) is 12.2. The van der Waals surface area contributed by atoms with Crippen molar-refractivity contribution >= 4 is 0 Å². The Morgan fingerprint density at radius 3 is 2.72 bits per heavy atom. The number of benzene rings is 2. The van der Waals surface area contributed by atoms with Crippen LogP contribution in [0.25, 0.3) is 11.4 Å². The molecule has 3 aromatic rings. The average Bonchev–Trinajstić information content (AvgIpc) is 3.28. The Bertz CT molecular complexity index is 866. The summed E-state index contributed by atoms with van der Waals surface area (Å²) in [6, 6.07) is 13.7. The van der Waals surface area contributed by atoms with Crippen LogP contribution in [0.3, 0.4) is 0 Å². The Hall–Kier alpha value is -2.60. The van der Waals surface area contributed by atoms with Crippen molar-refractivity contribution in [2.45, 2.75) is 18.9 Å². The second-order valence-corrected chi connectivity index (χ2v) is 6.29. The van der Waals surface area contributed by atoms with Gasteiger partial charge in [0.25, 0.3) is 0 Å². The van der Waals surface area contributed by atoms with Crippen LogP contribution >= 0.6 is 0 Å². The molecule has 2 aromatic carbocycles. The van der Waals surface area contributed by atoms with Gasteiger partial charge >= 0.3 is 0 Å². The van der Waals surface area contributed by atoms with Crippen LogP contribution in [0.1, 0.15) is 23.8 Å². The largest absolute Gasteiger partial charge is 0.339 e. The van der Waals surface area contributed by atoms with Gasteiger partial charge in [-0.3, -0.25) is 4.90 Å². The van der Waals surface area contributed by atoms with E-state index in [0.29, 0.717) is 18.3 Å². The molecular weight excluding hydrogens is 324 g/mol. The Kier molecular flexibility index (Phi) is 4.28. The zero-order valence-corrected chi connectivity index (χ0v) is 13.5. The molecule has 1 aromatic heterocycles. The van der Waals surface area contributed by atoms with Crippen molar-refractivity contribution in [3.63, 3.8) is 0 Å². The molecule has 0 bridgehead atoms. The average molecular weight is 341 g/mol. The third-order valence-electron chi connectivity index (χ3n) is 4.49. The molecule has 0 aliphatic carbocycles. The fraction of sp³-hybridized carbons (Fsp3) is 0.263. The highest BCUT2D eigenvalue weighted by Gasteiger charge is 2.28. The van der Waals surface area contributed by atoms with E-state index in [1.54, 1.807) is 6.07 Å². The van der Waals surface area contributed by atoms with E-state index in [-0.39, 0.29) is 5.92 Å². The van der Waals surface area contributed by atoms with Crippen molar-refractivity contribution in [3.8, 4) is 11.4 Å². The molecule has 1 aliphatic rings. The molecule has 0 amide bonds. The van der Waals surface area contributed by atoms with E-state index in [9.17, 15) is 8.78 Å². The minimum Gasteiger partial charge on any atom is -0.339 e. The maximum atomic E-state index is 13.3. The van der Waals surface area contributed by atoms with Crippen LogP contribution in [0.15, 0.2) is 53.1 Å². The van der Waals surface area contributed by atoms with Crippen molar-refractivity contribution < 1.29 is 13.3 Å². The van der Waals surface area contributed by atoms with Gasteiger partial charge in [-0.15, -0.1) is 0 Å². The van der Waals surface area contributed by atoms with Crippen LogP contribution in [-0.2, 0) is 6.54 Å². The van der Waals surface area contributed by atoms with Crippen LogP contribution in [0.2, 0.25) is 0 Å². The monoisotopic (exact) mass is 341 g/mol. The molecule has 1 saturated heterocycles. The summed E-state index contributed by atoms with van der Waals surface area (Å²) >= 11 is 0. The molecule has 2 heterocycles. The van der Waals surface area contributed by atoms with Gasteiger partial charge in [0.05, 0.1) is 5.92 Å². The first-order valence-corrected chi connectivity index (χ1v) is 8.24. The summed E-state index contributed by atoms with van der Waals surface area (Å²) in [5.74, 6) is -0.239. The molecule has 4 nitrogen and oxygen atoms in total. The van der Waals surface area contributed by atoms with Gasteiger partial charge in [0.2, 0.25) is 11.7 Å². The molecule has 0 saturated carbocycles. The van der Waals surface area contributed by atoms with E-state index in [2.05, 4.69) is 15.0 Å². The van der Waals surface area contributed by atoms with Gasteiger partial charge < -0.3 is 4.52 Å². The Balaban J connectivity index is 1.42. The predicted octanol–water partition coefficient (Wildman–Crippen LogP) is 4.00. The molecule has 0 spiro atoms. The van der Waals surface area contributed by atoms with Crippen LogP contribution < -0.4 is 0 Å². The fourth-order valence-electron chi connectivity index (χ4n) is 3.18. The lowest BCUT2D eigenvalue weighted by atomic mass is 10.1. The second kappa shape index (κ2) is 6.72. The molecule has 128 valence electrons. The molecule has 1 fully saturated rings. The molecule has 1 aliphatic heterocycles. The fourth-order valence-corrected chi connectivity index (χ4v) is 3.18. The molecule has 0 unspecified atom stereocenters. The highest BCUT2D eigenvalue weighted by atomic mass is 19.2. The minimum atomic E-state index is -0.817. The van der Waals surface area contributed by atoms with Crippen LogP contribution in [0, 0.1) is 11.6 Å². The molecule has 1 atom stereocenters. The van der Waals surface area contributed by atoms with Crippen molar-refractivity contribution in [1.82, 2.24) is 15.0 Å². The van der Waals surface area contributed by atoms with Crippen LogP contribution in [-0.4, -0.2) is 28.1 Å². The lowest BCUT2D eigenvalue weighted by Crippen LogP contribution is -2.20. The SMILES string of the molecule is Fc1ccc(CN2CC[C@@H](c3nc(-c4ccccc4)no3)C2)cc1F. The second-order valence-electron chi connectivity index (χ2n) is 6.29. The summed E-state index contributed by atoms with van der Waals surface area (Å²) in [4.78, 5) is 6.70. The van der Waals surface area contributed by atoms with Gasteiger partial charge in [0, 0.05) is 18.7 Å². The van der Waals surface area contributed by atoms with Crippen LogP contribution in [0.5, 0.6) is 0 Å². The molecule has 25 heavy (non-hydrogen) atoms. The number of hydrogen-bond acceptors (Lipinski definition) is 4. The van der Waals surface area contributed by atoms with Gasteiger partial charge in [-0.25, -0.2) is 8.78 Å². The summed E-state index contributed by atoms with van der Waals surface area (Å²) < 4.78 is 31.8. The smallest absolute Gasteiger partial charge is 0.231 e. The minimum absolute atomic E-state index is 0.162. The third kappa shape index (κ3) is 3.44. The van der Waals surface area contributed by atoms with E-state index >= 15 is 0 Å². The van der Waals surface area contributed by atoms with Gasteiger partial charge in [-0.2, -0.15) is 4.98 Å². The van der Waals surface area contributed by atoms with Crippen LogP contribution in [0.4, 0.5) is 8.78 Å². The number of halogens is 2. The van der Waals surface area contributed by atoms with Gasteiger partial charge in [-0.05, 0) is 30.7 Å². The summed E-state index contributed by atoms with van der Waals surface area (Å²) in [6.45, 7) is 2.19. The molecule has 4 rings (SSSR count). The quantitative estimate of drug-likeness (QED) is 0.719. The third-order valence-corrected chi connectivity index (χ3v) is 4.49. The Morgan fingerprint density at radius 1 is 1.08 bits per heavy atom. The summed E-state index contributed by atoms with van der Waals surface area (Å²) in [5, 5.41) is 4.07. The van der Waals surface area contributed by atoms with Crippen molar-refractivity contribution in [1.29, 1.82) is 0 Å². The Labute approximate surface area is 144 Å². The highest BCUT2D eigenvalue weighted by Crippen LogP contribution is 2.28. The maximum absolute atomic E-state index is 13.3. The van der Waals surface area contributed by atoms with E-state index in [0.717, 1.165) is 30.6 Å². The molecular formula is C19H17F2N3O. The van der Waals surface area contributed by atoms with Gasteiger partial charge in [0.15, 0.2) is 11.6 Å². The summed E-state index contributed by atoms with van der Waals surface area (Å²) in [5.41, 5.74) is 1.68. The zero-order chi connectivity index (χ0) is 17.2. The predicted molar refractivity (Wildman–Crippen MR) is 88.7 cm³/mol. The Morgan fingerprint density at radius 2 is 1.92 bits per heavy atom. The lowest BCUT2D eigenvalue weighted by Gasteiger charge is -2.15.